The monoisotopic (exact) mass is 398 g/mol. The Morgan fingerprint density at radius 1 is 0.833 bits per heavy atom. The van der Waals surface area contributed by atoms with Gasteiger partial charge in [0, 0.05) is 19.1 Å². The summed E-state index contributed by atoms with van der Waals surface area (Å²) in [5, 5.41) is 0. The number of carbonyl (C=O) groups is 1. The maximum Gasteiger partial charge on any atom is 0.222 e. The zero-order valence-corrected chi connectivity index (χ0v) is 17.5. The van der Waals surface area contributed by atoms with Crippen LogP contribution in [-0.4, -0.2) is 29.9 Å². The molecule has 2 N–H and O–H groups in total. The van der Waals surface area contributed by atoms with E-state index >= 15 is 0 Å². The van der Waals surface area contributed by atoms with Crippen LogP contribution in [0.1, 0.15) is 60.8 Å². The van der Waals surface area contributed by atoms with Crippen LogP contribution >= 0.6 is 0 Å². The van der Waals surface area contributed by atoms with Gasteiger partial charge in [0.2, 0.25) is 5.91 Å². The van der Waals surface area contributed by atoms with Crippen molar-refractivity contribution in [3.8, 4) is 0 Å². The van der Waals surface area contributed by atoms with Crippen LogP contribution in [0, 0.1) is 5.92 Å². The zero-order valence-electron chi connectivity index (χ0n) is 17.5. The minimum absolute atomic E-state index is 0.0245. The number of primary amides is 1. The lowest BCUT2D eigenvalue weighted by Crippen LogP contribution is -2.49. The van der Waals surface area contributed by atoms with Crippen molar-refractivity contribution < 1.29 is 4.79 Å². The van der Waals surface area contributed by atoms with Crippen molar-refractivity contribution in [3.63, 3.8) is 0 Å². The Morgan fingerprint density at radius 3 is 2.00 bits per heavy atom. The van der Waals surface area contributed by atoms with E-state index in [0.29, 0.717) is 6.04 Å². The molecule has 1 saturated carbocycles. The second-order valence-electron chi connectivity index (χ2n) is 8.88. The minimum atomic E-state index is -0.110. The lowest BCUT2D eigenvalue weighted by atomic mass is 9.81. The molecule has 5 rings (SSSR count). The number of nitrogens with two attached hydrogens (primary N) is 1. The Kier molecular flexibility index (Phi) is 5.30. The molecule has 2 fully saturated rings. The smallest absolute Gasteiger partial charge is 0.222 e. The first-order valence-electron chi connectivity index (χ1n) is 11.3. The predicted molar refractivity (Wildman–Crippen MR) is 124 cm³/mol. The summed E-state index contributed by atoms with van der Waals surface area (Å²) in [5.74, 6) is -0.0852. The SMILES string of the molecule is NC(=O)C1CCCCC1N1CCC(=C2c3ccccc3C=Cc3ccccc32)CC1. The lowest BCUT2D eigenvalue weighted by molar-refractivity contribution is -0.125. The Bertz CT molecular complexity index is 958. The summed E-state index contributed by atoms with van der Waals surface area (Å²) in [4.78, 5) is 14.6. The quantitative estimate of drug-likeness (QED) is 0.652. The summed E-state index contributed by atoms with van der Waals surface area (Å²) < 4.78 is 0. The second-order valence-corrected chi connectivity index (χ2v) is 8.88. The van der Waals surface area contributed by atoms with Gasteiger partial charge >= 0.3 is 0 Å². The summed E-state index contributed by atoms with van der Waals surface area (Å²) in [5.41, 5.74) is 14.0. The molecule has 0 bridgehead atoms. The van der Waals surface area contributed by atoms with E-state index in [1.807, 2.05) is 0 Å². The van der Waals surface area contributed by atoms with E-state index in [9.17, 15) is 4.79 Å². The van der Waals surface area contributed by atoms with Gasteiger partial charge in [-0.05, 0) is 53.5 Å². The average molecular weight is 399 g/mol. The van der Waals surface area contributed by atoms with Gasteiger partial charge in [0.15, 0.2) is 0 Å². The molecule has 3 nitrogen and oxygen atoms in total. The van der Waals surface area contributed by atoms with Gasteiger partial charge in [0.05, 0.1) is 5.92 Å². The topological polar surface area (TPSA) is 46.3 Å². The molecule has 1 saturated heterocycles. The molecule has 154 valence electrons. The number of fused-ring (bicyclic) bond motifs is 2. The Balaban J connectivity index is 1.48. The summed E-state index contributed by atoms with van der Waals surface area (Å²) in [7, 11) is 0. The van der Waals surface area contributed by atoms with Crippen molar-refractivity contribution in [1.82, 2.24) is 4.90 Å². The molecule has 0 radical (unpaired) electrons. The fourth-order valence-corrected chi connectivity index (χ4v) is 5.70. The predicted octanol–water partition coefficient (Wildman–Crippen LogP) is 5.11. The Labute approximate surface area is 179 Å². The number of amides is 1. The first-order valence-corrected chi connectivity index (χ1v) is 11.3. The van der Waals surface area contributed by atoms with Crippen LogP contribution in [-0.2, 0) is 4.79 Å². The molecule has 30 heavy (non-hydrogen) atoms. The van der Waals surface area contributed by atoms with Crippen LogP contribution in [0.4, 0.5) is 0 Å². The Hall–Kier alpha value is -2.65. The summed E-state index contributed by atoms with van der Waals surface area (Å²) >= 11 is 0. The third-order valence-electron chi connectivity index (χ3n) is 7.22. The molecule has 1 heterocycles. The van der Waals surface area contributed by atoms with Crippen LogP contribution in [0.15, 0.2) is 54.1 Å². The van der Waals surface area contributed by atoms with E-state index < -0.39 is 0 Å². The third-order valence-corrected chi connectivity index (χ3v) is 7.22. The molecule has 1 amide bonds. The van der Waals surface area contributed by atoms with Gasteiger partial charge in [0.1, 0.15) is 0 Å². The highest BCUT2D eigenvalue weighted by Crippen LogP contribution is 2.39. The second kappa shape index (κ2) is 8.23. The van der Waals surface area contributed by atoms with Gasteiger partial charge < -0.3 is 5.73 Å². The van der Waals surface area contributed by atoms with Gasteiger partial charge in [-0.2, -0.15) is 0 Å². The zero-order chi connectivity index (χ0) is 20.5. The van der Waals surface area contributed by atoms with E-state index in [1.165, 1.54) is 34.2 Å². The molecule has 1 aliphatic heterocycles. The lowest BCUT2D eigenvalue weighted by Gasteiger charge is -2.41. The number of piperidine rings is 1. The van der Waals surface area contributed by atoms with E-state index in [-0.39, 0.29) is 11.8 Å². The van der Waals surface area contributed by atoms with Gasteiger partial charge in [0.25, 0.3) is 0 Å². The van der Waals surface area contributed by atoms with E-state index in [2.05, 4.69) is 65.6 Å². The molecule has 2 unspecified atom stereocenters. The van der Waals surface area contributed by atoms with Crippen LogP contribution < -0.4 is 5.73 Å². The average Bonchev–Trinajstić information content (AvgIpc) is 2.96. The van der Waals surface area contributed by atoms with E-state index in [0.717, 1.165) is 45.2 Å². The molecule has 0 spiro atoms. The number of hydrogen-bond acceptors (Lipinski definition) is 2. The van der Waals surface area contributed by atoms with Crippen molar-refractivity contribution in [1.29, 1.82) is 0 Å². The Morgan fingerprint density at radius 2 is 1.40 bits per heavy atom. The maximum absolute atomic E-state index is 12.0. The molecular formula is C27H30N2O. The highest BCUT2D eigenvalue weighted by atomic mass is 16.1. The molecule has 0 aromatic heterocycles. The molecule has 3 heteroatoms. The maximum atomic E-state index is 12.0. The molecule has 2 aromatic rings. The van der Waals surface area contributed by atoms with Crippen LogP contribution in [0.5, 0.6) is 0 Å². The largest absolute Gasteiger partial charge is 0.369 e. The fourth-order valence-electron chi connectivity index (χ4n) is 5.70. The fraction of sp³-hybridized carbons (Fsp3) is 0.370. The van der Waals surface area contributed by atoms with Crippen molar-refractivity contribution >= 4 is 23.6 Å². The number of likely N-dealkylation sites (tertiary alicyclic amines) is 1. The third kappa shape index (κ3) is 3.52. The van der Waals surface area contributed by atoms with Crippen molar-refractivity contribution in [2.75, 3.05) is 13.1 Å². The number of carbonyl (C=O) groups excluding carboxylic acids is 1. The molecule has 2 aliphatic carbocycles. The number of benzene rings is 2. The number of hydrogen-bond donors (Lipinski definition) is 1. The molecule has 3 aliphatic rings. The summed E-state index contributed by atoms with van der Waals surface area (Å²) in [6, 6.07) is 17.8. The molecule has 2 atom stereocenters. The summed E-state index contributed by atoms with van der Waals surface area (Å²) in [6.07, 6.45) is 11.0. The van der Waals surface area contributed by atoms with Crippen LogP contribution in [0.25, 0.3) is 17.7 Å². The molecular weight excluding hydrogens is 368 g/mol. The van der Waals surface area contributed by atoms with Crippen LogP contribution in [0.3, 0.4) is 0 Å². The van der Waals surface area contributed by atoms with Crippen molar-refractivity contribution in [2.24, 2.45) is 11.7 Å². The van der Waals surface area contributed by atoms with Gasteiger partial charge in [-0.15, -0.1) is 0 Å². The first-order chi connectivity index (χ1) is 14.7. The number of rotatable bonds is 2. The first kappa shape index (κ1) is 19.3. The highest BCUT2D eigenvalue weighted by Gasteiger charge is 2.35. The van der Waals surface area contributed by atoms with Gasteiger partial charge in [-0.1, -0.05) is 79.1 Å². The highest BCUT2D eigenvalue weighted by molar-refractivity contribution is 5.94. The van der Waals surface area contributed by atoms with E-state index in [4.69, 9.17) is 5.73 Å². The minimum Gasteiger partial charge on any atom is -0.369 e. The normalized spacial score (nSPS) is 24.1. The standard InChI is InChI=1S/C27H30N2O/c28-27(30)24-11-5-6-12-25(24)29-17-15-21(16-18-29)26-22-9-3-1-7-19(22)13-14-20-8-2-4-10-23(20)26/h1-4,7-10,13-14,24-25H,5-6,11-12,15-18H2,(H2,28,30). The molecule has 2 aromatic carbocycles. The number of nitrogens with zero attached hydrogens (tertiary/aromatic N) is 1. The van der Waals surface area contributed by atoms with Crippen molar-refractivity contribution in [3.05, 3.63) is 76.4 Å². The van der Waals surface area contributed by atoms with Crippen molar-refractivity contribution in [2.45, 2.75) is 44.6 Å². The van der Waals surface area contributed by atoms with E-state index in [1.54, 1.807) is 5.57 Å². The van der Waals surface area contributed by atoms with Crippen LogP contribution in [0.2, 0.25) is 0 Å². The van der Waals surface area contributed by atoms with Gasteiger partial charge in [-0.3, -0.25) is 9.69 Å². The summed E-state index contributed by atoms with van der Waals surface area (Å²) in [6.45, 7) is 2.04. The van der Waals surface area contributed by atoms with Gasteiger partial charge in [-0.25, -0.2) is 0 Å².